The van der Waals surface area contributed by atoms with E-state index in [1.807, 2.05) is 6.08 Å². The summed E-state index contributed by atoms with van der Waals surface area (Å²) >= 11 is 2.30. The van der Waals surface area contributed by atoms with E-state index in [1.165, 1.54) is 3.57 Å². The maximum absolute atomic E-state index is 12.4. The van der Waals surface area contributed by atoms with Crippen LogP contribution in [0.15, 0.2) is 60.7 Å². The Kier molecular flexibility index (Phi) is 5.61. The van der Waals surface area contributed by atoms with E-state index in [-0.39, 0.29) is 5.78 Å². The van der Waals surface area contributed by atoms with Crippen molar-refractivity contribution in [2.45, 2.75) is 13.8 Å². The Morgan fingerprint density at radius 3 is 2.31 bits per heavy atom. The molecule has 0 N–H and O–H groups in total. The first-order valence-corrected chi connectivity index (χ1v) is 9.39. The summed E-state index contributed by atoms with van der Waals surface area (Å²) in [5.41, 5.74) is 5.07. The molecule has 0 bridgehead atoms. The average molecular weight is 457 g/mol. The minimum Gasteiger partial charge on any atom is -0.497 e. The molecule has 0 saturated carbocycles. The molecule has 0 radical (unpaired) electrons. The normalized spacial score (nSPS) is 11.1. The lowest BCUT2D eigenvalue weighted by molar-refractivity contribution is 0.104. The van der Waals surface area contributed by atoms with Crippen molar-refractivity contribution in [1.82, 2.24) is 4.57 Å². The van der Waals surface area contributed by atoms with Crippen LogP contribution in [0.3, 0.4) is 0 Å². The zero-order valence-electron chi connectivity index (χ0n) is 15.0. The second-order valence-electron chi connectivity index (χ2n) is 6.06. The molecule has 3 rings (SSSR count). The summed E-state index contributed by atoms with van der Waals surface area (Å²) in [4.78, 5) is 12.4. The Morgan fingerprint density at radius 1 is 1.04 bits per heavy atom. The van der Waals surface area contributed by atoms with Gasteiger partial charge in [0.25, 0.3) is 0 Å². The van der Waals surface area contributed by atoms with Gasteiger partial charge in [0.15, 0.2) is 5.78 Å². The largest absolute Gasteiger partial charge is 0.497 e. The highest BCUT2D eigenvalue weighted by molar-refractivity contribution is 14.1. The Morgan fingerprint density at radius 2 is 1.69 bits per heavy atom. The summed E-state index contributed by atoms with van der Waals surface area (Å²) in [6, 6.07) is 17.7. The molecule has 4 heteroatoms. The van der Waals surface area contributed by atoms with Crippen molar-refractivity contribution < 1.29 is 9.53 Å². The van der Waals surface area contributed by atoms with E-state index in [4.69, 9.17) is 4.74 Å². The second kappa shape index (κ2) is 7.91. The van der Waals surface area contributed by atoms with E-state index < -0.39 is 0 Å². The number of hydrogen-bond donors (Lipinski definition) is 0. The highest BCUT2D eigenvalue weighted by Gasteiger charge is 2.09. The third-order valence-electron chi connectivity index (χ3n) is 4.34. The molecule has 1 aromatic heterocycles. The smallest absolute Gasteiger partial charge is 0.185 e. The van der Waals surface area contributed by atoms with Crippen molar-refractivity contribution in [2.24, 2.45) is 0 Å². The van der Waals surface area contributed by atoms with Crippen molar-refractivity contribution in [1.29, 1.82) is 0 Å². The fourth-order valence-corrected chi connectivity index (χ4v) is 3.32. The number of halogens is 1. The van der Waals surface area contributed by atoms with Crippen LogP contribution in [-0.2, 0) is 0 Å². The monoisotopic (exact) mass is 457 g/mol. The number of nitrogens with zero attached hydrogens (tertiary/aromatic N) is 1. The Bertz CT molecular complexity index is 951. The predicted molar refractivity (Wildman–Crippen MR) is 114 cm³/mol. The molecule has 0 atom stereocenters. The molecule has 0 aliphatic heterocycles. The van der Waals surface area contributed by atoms with Crippen LogP contribution < -0.4 is 4.74 Å². The molecule has 0 fully saturated rings. The molecular formula is C22H20INO2. The van der Waals surface area contributed by atoms with Gasteiger partial charge in [0, 0.05) is 26.2 Å². The lowest BCUT2D eigenvalue weighted by Gasteiger charge is -2.09. The molecule has 26 heavy (non-hydrogen) atoms. The maximum Gasteiger partial charge on any atom is 0.185 e. The number of carbonyl (C=O) groups is 1. The van der Waals surface area contributed by atoms with Gasteiger partial charge >= 0.3 is 0 Å². The van der Waals surface area contributed by atoms with Gasteiger partial charge in [-0.3, -0.25) is 4.79 Å². The van der Waals surface area contributed by atoms with Crippen LogP contribution in [0.1, 0.15) is 27.3 Å². The van der Waals surface area contributed by atoms with Gasteiger partial charge in [-0.2, -0.15) is 0 Å². The number of aromatic nitrogens is 1. The van der Waals surface area contributed by atoms with E-state index in [0.717, 1.165) is 28.4 Å². The summed E-state index contributed by atoms with van der Waals surface area (Å²) in [5.74, 6) is 0.721. The van der Waals surface area contributed by atoms with Gasteiger partial charge < -0.3 is 9.30 Å². The molecule has 1 heterocycles. The topological polar surface area (TPSA) is 31.2 Å². The van der Waals surface area contributed by atoms with Crippen LogP contribution in [0.2, 0.25) is 0 Å². The Balaban J connectivity index is 1.85. The van der Waals surface area contributed by atoms with Gasteiger partial charge in [-0.25, -0.2) is 0 Å². The maximum atomic E-state index is 12.4. The summed E-state index contributed by atoms with van der Waals surface area (Å²) in [6.45, 7) is 4.15. The summed E-state index contributed by atoms with van der Waals surface area (Å²) in [6.07, 6.45) is 3.51. The molecule has 0 amide bonds. The standard InChI is InChI=1S/C22H20INO2/c1-15-14-18(16(2)24(15)20-9-7-19(23)8-10-20)6-13-22(25)17-4-11-21(26-3)12-5-17/h4-14H,1-3H3/b13-6+. The lowest BCUT2D eigenvalue weighted by atomic mass is 10.1. The zero-order chi connectivity index (χ0) is 18.7. The third kappa shape index (κ3) is 3.90. The minimum atomic E-state index is -0.0216. The van der Waals surface area contributed by atoms with Gasteiger partial charge in [0.05, 0.1) is 7.11 Å². The Hall–Kier alpha value is -2.34. The molecule has 2 aromatic carbocycles. The van der Waals surface area contributed by atoms with E-state index in [1.54, 1.807) is 37.5 Å². The van der Waals surface area contributed by atoms with Gasteiger partial charge in [0.2, 0.25) is 0 Å². The van der Waals surface area contributed by atoms with Crippen molar-refractivity contribution in [3.8, 4) is 11.4 Å². The summed E-state index contributed by atoms with van der Waals surface area (Å²) in [5, 5.41) is 0. The fourth-order valence-electron chi connectivity index (χ4n) is 2.96. The van der Waals surface area contributed by atoms with Gasteiger partial charge in [0.1, 0.15) is 5.75 Å². The Labute approximate surface area is 167 Å². The third-order valence-corrected chi connectivity index (χ3v) is 5.06. The van der Waals surface area contributed by atoms with Crippen molar-refractivity contribution >= 4 is 34.5 Å². The van der Waals surface area contributed by atoms with Gasteiger partial charge in [-0.15, -0.1) is 0 Å². The molecule has 0 aliphatic rings. The number of rotatable bonds is 5. The second-order valence-corrected chi connectivity index (χ2v) is 7.31. The van der Waals surface area contributed by atoms with E-state index >= 15 is 0 Å². The average Bonchev–Trinajstić information content (AvgIpc) is 2.94. The van der Waals surface area contributed by atoms with Crippen LogP contribution >= 0.6 is 22.6 Å². The molecule has 0 saturated heterocycles. The lowest BCUT2D eigenvalue weighted by Crippen LogP contribution is -1.99. The fraction of sp³-hybridized carbons (Fsp3) is 0.136. The first kappa shape index (κ1) is 18.5. The number of carbonyl (C=O) groups excluding carboxylic acids is 1. The van der Waals surface area contributed by atoms with Gasteiger partial charge in [-0.05, 0) is 109 Å². The highest BCUT2D eigenvalue weighted by atomic mass is 127. The van der Waals surface area contributed by atoms with Gasteiger partial charge in [-0.1, -0.05) is 0 Å². The van der Waals surface area contributed by atoms with E-state index in [9.17, 15) is 4.79 Å². The van der Waals surface area contributed by atoms with Crippen LogP contribution in [0.25, 0.3) is 11.8 Å². The molecule has 0 spiro atoms. The van der Waals surface area contributed by atoms with Crippen LogP contribution in [0, 0.1) is 17.4 Å². The van der Waals surface area contributed by atoms with Crippen molar-refractivity contribution in [3.05, 3.63) is 86.8 Å². The summed E-state index contributed by atoms with van der Waals surface area (Å²) < 4.78 is 8.54. The molecule has 132 valence electrons. The number of ketones is 1. The first-order valence-electron chi connectivity index (χ1n) is 8.31. The summed E-state index contributed by atoms with van der Waals surface area (Å²) in [7, 11) is 1.61. The zero-order valence-corrected chi connectivity index (χ0v) is 17.2. The number of ether oxygens (including phenoxy) is 1. The molecule has 3 nitrogen and oxygen atoms in total. The molecule has 3 aromatic rings. The van der Waals surface area contributed by atoms with Crippen LogP contribution in [0.5, 0.6) is 5.75 Å². The number of hydrogen-bond acceptors (Lipinski definition) is 2. The van der Waals surface area contributed by atoms with Crippen molar-refractivity contribution in [3.63, 3.8) is 0 Å². The van der Waals surface area contributed by atoms with E-state index in [2.05, 4.69) is 71.3 Å². The van der Waals surface area contributed by atoms with Crippen LogP contribution in [0.4, 0.5) is 0 Å². The predicted octanol–water partition coefficient (Wildman–Crippen LogP) is 5.60. The van der Waals surface area contributed by atoms with Crippen molar-refractivity contribution in [2.75, 3.05) is 7.11 Å². The number of allylic oxidation sites excluding steroid dienone is 1. The highest BCUT2D eigenvalue weighted by Crippen LogP contribution is 2.23. The molecule has 0 unspecified atom stereocenters. The quantitative estimate of drug-likeness (QED) is 0.284. The number of benzene rings is 2. The molecular weight excluding hydrogens is 437 g/mol. The van der Waals surface area contributed by atoms with Crippen LogP contribution in [-0.4, -0.2) is 17.5 Å². The number of aryl methyl sites for hydroxylation is 1. The minimum absolute atomic E-state index is 0.0216. The first-order chi connectivity index (χ1) is 12.5. The molecule has 0 aliphatic carbocycles. The SMILES string of the molecule is COc1ccc(C(=O)/C=C/c2cc(C)n(-c3ccc(I)cc3)c2C)cc1. The van der Waals surface area contributed by atoms with E-state index in [0.29, 0.717) is 5.56 Å². The number of methoxy groups -OCH3 is 1.